The van der Waals surface area contributed by atoms with E-state index in [1.54, 1.807) is 6.20 Å². The molecule has 0 spiro atoms. The summed E-state index contributed by atoms with van der Waals surface area (Å²) in [5.41, 5.74) is 3.32. The quantitative estimate of drug-likeness (QED) is 0.357. The van der Waals surface area contributed by atoms with E-state index < -0.39 is 0 Å². The summed E-state index contributed by atoms with van der Waals surface area (Å²) in [5, 5.41) is 8.24. The van der Waals surface area contributed by atoms with Gasteiger partial charge in [-0.3, -0.25) is 10.4 Å². The van der Waals surface area contributed by atoms with Crippen molar-refractivity contribution in [2.24, 2.45) is 0 Å². The summed E-state index contributed by atoms with van der Waals surface area (Å²) < 4.78 is 2.21. The van der Waals surface area contributed by atoms with E-state index in [0.29, 0.717) is 5.04 Å². The summed E-state index contributed by atoms with van der Waals surface area (Å²) in [5.74, 6) is 0.921. The average Bonchev–Trinajstić information content (AvgIpc) is 2.89. The number of aromatic nitrogens is 2. The van der Waals surface area contributed by atoms with Crippen molar-refractivity contribution in [3.63, 3.8) is 0 Å². The van der Waals surface area contributed by atoms with Crippen LogP contribution in [0.2, 0.25) is 0 Å². The van der Waals surface area contributed by atoms with E-state index in [1.807, 2.05) is 36.3 Å². The fraction of sp³-hybridized carbons (Fsp3) is 0.167. The number of halogens is 1. The van der Waals surface area contributed by atoms with Gasteiger partial charge in [0.25, 0.3) is 0 Å². The first-order valence-corrected chi connectivity index (χ1v) is 6.76. The first kappa shape index (κ1) is 14.0. The van der Waals surface area contributed by atoms with Gasteiger partial charge in [0.15, 0.2) is 0 Å². The first-order chi connectivity index (χ1) is 8.27. The van der Waals surface area contributed by atoms with Gasteiger partial charge < -0.3 is 4.57 Å². The van der Waals surface area contributed by atoms with Crippen LogP contribution in [0.25, 0.3) is 0 Å². The third kappa shape index (κ3) is 2.33. The third-order valence-corrected chi connectivity index (χ3v) is 4.38. The third-order valence-electron chi connectivity index (χ3n) is 2.88. The van der Waals surface area contributed by atoms with Crippen molar-refractivity contribution in [2.45, 2.75) is 11.1 Å². The molecular formula is C12H12IN3S2. The van der Waals surface area contributed by atoms with Gasteiger partial charge in [0.1, 0.15) is 5.37 Å². The predicted octanol–water partition coefficient (Wildman–Crippen LogP) is 3.55. The molecule has 2 aromatic heterocycles. The van der Waals surface area contributed by atoms with Crippen LogP contribution in [-0.2, 0) is 5.75 Å². The van der Waals surface area contributed by atoms with Crippen molar-refractivity contribution in [3.8, 4) is 0 Å². The highest BCUT2D eigenvalue weighted by Crippen LogP contribution is 2.41. The van der Waals surface area contributed by atoms with E-state index in [0.717, 1.165) is 11.3 Å². The summed E-state index contributed by atoms with van der Waals surface area (Å²) in [6.07, 6.45) is 5.72. The summed E-state index contributed by atoms with van der Waals surface area (Å²) >= 11 is 5.97. The molecule has 1 atom stereocenters. The topological polar surface area (TPSA) is 41.7 Å². The Labute approximate surface area is 132 Å². The lowest BCUT2D eigenvalue weighted by Crippen LogP contribution is -2.02. The molecule has 1 aliphatic heterocycles. The molecule has 0 saturated carbocycles. The Morgan fingerprint density at radius 3 is 3.00 bits per heavy atom. The molecular weight excluding hydrogens is 377 g/mol. The molecule has 0 saturated heterocycles. The van der Waals surface area contributed by atoms with Crippen molar-refractivity contribution in [2.75, 3.05) is 0 Å². The Morgan fingerprint density at radius 1 is 1.50 bits per heavy atom. The second-order valence-corrected chi connectivity index (χ2v) is 5.40. The maximum atomic E-state index is 7.62. The molecule has 3 nitrogen and oxygen atoms in total. The Balaban J connectivity index is 0.00000120. The van der Waals surface area contributed by atoms with Gasteiger partial charge in [0, 0.05) is 41.2 Å². The molecule has 3 rings (SSSR count). The zero-order chi connectivity index (χ0) is 11.8. The van der Waals surface area contributed by atoms with Crippen LogP contribution in [-0.4, -0.2) is 14.6 Å². The maximum Gasteiger partial charge on any atom is 0.106 e. The van der Waals surface area contributed by atoms with E-state index in [2.05, 4.69) is 28.2 Å². The van der Waals surface area contributed by atoms with Crippen molar-refractivity contribution in [1.82, 2.24) is 9.55 Å². The number of rotatable bonds is 2. The number of pyridine rings is 1. The molecule has 1 N–H and O–H groups in total. The molecule has 0 amide bonds. The lowest BCUT2D eigenvalue weighted by atomic mass is 10.2. The molecule has 18 heavy (non-hydrogen) atoms. The number of hydrogen-bond donors (Lipinski definition) is 2. The smallest absolute Gasteiger partial charge is 0.106 e. The van der Waals surface area contributed by atoms with Crippen LogP contribution in [0.15, 0.2) is 36.8 Å². The molecule has 3 heterocycles. The van der Waals surface area contributed by atoms with Crippen LogP contribution >= 0.6 is 48.4 Å². The van der Waals surface area contributed by atoms with Crippen molar-refractivity contribution < 1.29 is 0 Å². The molecule has 6 heteroatoms. The fourth-order valence-electron chi connectivity index (χ4n) is 2.08. The number of nitrogens with one attached hydrogen (secondary N) is 1. The Hall–Kier alpha value is -0.470. The van der Waals surface area contributed by atoms with Crippen LogP contribution in [0.5, 0.6) is 0 Å². The monoisotopic (exact) mass is 389 g/mol. The predicted molar refractivity (Wildman–Crippen MR) is 89.3 cm³/mol. The molecule has 0 bridgehead atoms. The zero-order valence-corrected chi connectivity index (χ0v) is 13.4. The zero-order valence-electron chi connectivity index (χ0n) is 9.41. The van der Waals surface area contributed by atoms with E-state index in [-0.39, 0.29) is 29.4 Å². The van der Waals surface area contributed by atoms with Crippen LogP contribution in [0, 0.1) is 5.41 Å². The van der Waals surface area contributed by atoms with Crippen molar-refractivity contribution in [3.05, 3.63) is 53.6 Å². The second-order valence-electron chi connectivity index (χ2n) is 3.88. The van der Waals surface area contributed by atoms with Crippen LogP contribution < -0.4 is 0 Å². The largest absolute Gasteiger partial charge is 0.333 e. The van der Waals surface area contributed by atoms with Gasteiger partial charge in [-0.1, -0.05) is 6.07 Å². The molecule has 0 aromatic carbocycles. The fourth-order valence-corrected chi connectivity index (χ4v) is 3.60. The van der Waals surface area contributed by atoms with E-state index >= 15 is 0 Å². The molecule has 0 radical (unpaired) electrons. The van der Waals surface area contributed by atoms with Gasteiger partial charge in [-0.05, 0) is 12.1 Å². The van der Waals surface area contributed by atoms with Crippen molar-refractivity contribution >= 4 is 53.4 Å². The minimum absolute atomic E-state index is 0. The number of thiol groups is 1. The van der Waals surface area contributed by atoms with E-state index in [9.17, 15) is 0 Å². The summed E-state index contributed by atoms with van der Waals surface area (Å²) in [6.45, 7) is 0. The van der Waals surface area contributed by atoms with Gasteiger partial charge in [-0.15, -0.1) is 48.4 Å². The van der Waals surface area contributed by atoms with Crippen molar-refractivity contribution in [1.29, 1.82) is 5.41 Å². The van der Waals surface area contributed by atoms with Gasteiger partial charge in [-0.2, -0.15) is 0 Å². The minimum Gasteiger partial charge on any atom is -0.333 e. The van der Waals surface area contributed by atoms with E-state index in [4.69, 9.17) is 5.41 Å². The highest BCUT2D eigenvalue weighted by Gasteiger charge is 2.26. The lowest BCUT2D eigenvalue weighted by molar-refractivity contribution is 0.777. The summed E-state index contributed by atoms with van der Waals surface area (Å²) in [6, 6.07) is 6.01. The van der Waals surface area contributed by atoms with Gasteiger partial charge in [-0.25, -0.2) is 0 Å². The highest BCUT2D eigenvalue weighted by atomic mass is 127. The standard InChI is InChI=1S/C12H11N3S2.HI/c13-11(16)9-3-5-15-10(9)7-17-12(15)8-2-1-4-14-6-8;/h1-6,12H,7H2,(H2,13,16);1H. The normalized spacial score (nSPS) is 17.1. The maximum absolute atomic E-state index is 7.62. The van der Waals surface area contributed by atoms with Gasteiger partial charge >= 0.3 is 0 Å². The Morgan fingerprint density at radius 2 is 2.33 bits per heavy atom. The van der Waals surface area contributed by atoms with Crippen LogP contribution in [0.4, 0.5) is 0 Å². The Bertz CT molecular complexity index is 568. The Kier molecular flexibility index (Phi) is 4.39. The average molecular weight is 389 g/mol. The van der Waals surface area contributed by atoms with Gasteiger partial charge in [0.2, 0.25) is 0 Å². The SMILES string of the molecule is I.N=C(S)c1ccn2c1CSC2c1cccnc1. The van der Waals surface area contributed by atoms with E-state index in [1.165, 1.54) is 11.3 Å². The molecule has 1 aliphatic rings. The molecule has 2 aromatic rings. The first-order valence-electron chi connectivity index (χ1n) is 5.26. The number of thioether (sulfide) groups is 1. The highest BCUT2D eigenvalue weighted by molar-refractivity contribution is 14.0. The number of hydrogen-bond acceptors (Lipinski definition) is 3. The number of nitrogens with zero attached hydrogens (tertiary/aromatic N) is 2. The minimum atomic E-state index is 0. The molecule has 0 fully saturated rings. The lowest BCUT2D eigenvalue weighted by Gasteiger charge is -2.11. The molecule has 94 valence electrons. The van der Waals surface area contributed by atoms with Crippen LogP contribution in [0.1, 0.15) is 22.2 Å². The number of fused-ring (bicyclic) bond motifs is 1. The summed E-state index contributed by atoms with van der Waals surface area (Å²) in [4.78, 5) is 4.16. The molecule has 0 aliphatic carbocycles. The summed E-state index contributed by atoms with van der Waals surface area (Å²) in [7, 11) is 0. The molecule has 1 unspecified atom stereocenters. The second kappa shape index (κ2) is 5.66. The van der Waals surface area contributed by atoms with Crippen LogP contribution in [0.3, 0.4) is 0 Å². The van der Waals surface area contributed by atoms with Gasteiger partial charge in [0.05, 0.1) is 5.04 Å².